The highest BCUT2D eigenvalue weighted by Crippen LogP contribution is 2.30. The maximum atomic E-state index is 12.8. The highest BCUT2D eigenvalue weighted by molar-refractivity contribution is 7.89. The van der Waals surface area contributed by atoms with Crippen molar-refractivity contribution in [3.05, 3.63) is 102 Å². The largest absolute Gasteiger partial charge is 0.366 e. The molecule has 1 unspecified atom stereocenters. The highest BCUT2D eigenvalue weighted by Gasteiger charge is 2.22. The van der Waals surface area contributed by atoms with Crippen LogP contribution < -0.4 is 10.5 Å². The van der Waals surface area contributed by atoms with Gasteiger partial charge < -0.3 is 10.7 Å². The van der Waals surface area contributed by atoms with Crippen molar-refractivity contribution >= 4 is 26.8 Å². The summed E-state index contributed by atoms with van der Waals surface area (Å²) in [7, 11) is -3.76. The van der Waals surface area contributed by atoms with Gasteiger partial charge in [0.1, 0.15) is 0 Å². The number of rotatable bonds is 7. The molecule has 0 aliphatic heterocycles. The van der Waals surface area contributed by atoms with Crippen LogP contribution in [0.1, 0.15) is 27.4 Å². The van der Waals surface area contributed by atoms with Gasteiger partial charge in [0.15, 0.2) is 0 Å². The first-order valence-electron chi connectivity index (χ1n) is 9.46. The Morgan fingerprint density at radius 2 is 1.60 bits per heavy atom. The number of hydrogen-bond acceptors (Lipinski definition) is 3. The molecule has 152 valence electrons. The van der Waals surface area contributed by atoms with Crippen molar-refractivity contribution in [3.63, 3.8) is 0 Å². The van der Waals surface area contributed by atoms with E-state index < -0.39 is 15.9 Å². The van der Waals surface area contributed by atoms with E-state index in [1.807, 2.05) is 60.8 Å². The molecule has 0 spiro atoms. The van der Waals surface area contributed by atoms with Crippen molar-refractivity contribution in [1.82, 2.24) is 9.71 Å². The van der Waals surface area contributed by atoms with E-state index in [1.165, 1.54) is 24.3 Å². The Morgan fingerprint density at radius 1 is 0.933 bits per heavy atom. The zero-order valence-corrected chi connectivity index (χ0v) is 16.9. The number of carbonyl (C=O) groups is 1. The number of fused-ring (bicyclic) bond motifs is 1. The molecular weight excluding hydrogens is 398 g/mol. The van der Waals surface area contributed by atoms with Crippen LogP contribution in [0, 0.1) is 0 Å². The fraction of sp³-hybridized carbons (Fsp3) is 0.0870. The summed E-state index contributed by atoms with van der Waals surface area (Å²) in [6, 6.07) is 23.3. The van der Waals surface area contributed by atoms with Gasteiger partial charge in [0.05, 0.1) is 4.90 Å². The zero-order valence-electron chi connectivity index (χ0n) is 16.1. The zero-order chi connectivity index (χ0) is 21.1. The second kappa shape index (κ2) is 8.14. The van der Waals surface area contributed by atoms with E-state index in [4.69, 9.17) is 5.73 Å². The predicted molar refractivity (Wildman–Crippen MR) is 117 cm³/mol. The number of benzene rings is 3. The van der Waals surface area contributed by atoms with Crippen LogP contribution in [-0.4, -0.2) is 25.9 Å². The van der Waals surface area contributed by atoms with Crippen LogP contribution in [-0.2, 0) is 10.0 Å². The van der Waals surface area contributed by atoms with Crippen molar-refractivity contribution in [2.75, 3.05) is 6.54 Å². The molecule has 1 atom stereocenters. The third kappa shape index (κ3) is 3.98. The number of nitrogens with one attached hydrogen (secondary N) is 2. The van der Waals surface area contributed by atoms with Crippen LogP contribution >= 0.6 is 0 Å². The molecule has 6 nitrogen and oxygen atoms in total. The smallest absolute Gasteiger partial charge is 0.248 e. The van der Waals surface area contributed by atoms with Gasteiger partial charge in [-0.15, -0.1) is 0 Å². The molecule has 7 heteroatoms. The number of amides is 1. The van der Waals surface area contributed by atoms with Crippen molar-refractivity contribution in [2.24, 2.45) is 5.73 Å². The molecule has 4 aromatic rings. The number of hydrogen-bond donors (Lipinski definition) is 3. The number of sulfonamides is 1. The Morgan fingerprint density at radius 3 is 2.30 bits per heavy atom. The molecule has 30 heavy (non-hydrogen) atoms. The maximum Gasteiger partial charge on any atom is 0.248 e. The van der Waals surface area contributed by atoms with E-state index in [0.29, 0.717) is 0 Å². The minimum atomic E-state index is -3.76. The number of nitrogens with two attached hydrogens (primary N) is 1. The first-order chi connectivity index (χ1) is 14.5. The van der Waals surface area contributed by atoms with E-state index >= 15 is 0 Å². The third-order valence-corrected chi connectivity index (χ3v) is 6.56. The molecule has 0 saturated heterocycles. The quantitative estimate of drug-likeness (QED) is 0.428. The maximum absolute atomic E-state index is 12.8. The van der Waals surface area contributed by atoms with Crippen LogP contribution in [0.4, 0.5) is 0 Å². The number of aromatic amines is 1. The Hall–Kier alpha value is -3.42. The minimum absolute atomic E-state index is 0.0817. The second-order valence-electron chi connectivity index (χ2n) is 6.99. The van der Waals surface area contributed by atoms with Gasteiger partial charge in [-0.3, -0.25) is 4.79 Å². The molecule has 0 radical (unpaired) electrons. The monoisotopic (exact) mass is 419 g/mol. The molecule has 0 saturated carbocycles. The molecule has 4 rings (SSSR count). The Balaban J connectivity index is 1.65. The van der Waals surface area contributed by atoms with E-state index in [2.05, 4.69) is 9.71 Å². The van der Waals surface area contributed by atoms with Crippen LogP contribution in [0.15, 0.2) is 90.0 Å². The number of carbonyl (C=O) groups excluding carboxylic acids is 1. The van der Waals surface area contributed by atoms with E-state index in [9.17, 15) is 13.2 Å². The fourth-order valence-corrected chi connectivity index (χ4v) is 4.60. The van der Waals surface area contributed by atoms with Crippen LogP contribution in [0.5, 0.6) is 0 Å². The molecule has 0 fully saturated rings. The highest BCUT2D eigenvalue weighted by atomic mass is 32.2. The lowest BCUT2D eigenvalue weighted by Crippen LogP contribution is -2.29. The first-order valence-corrected chi connectivity index (χ1v) is 10.9. The average molecular weight is 420 g/mol. The van der Waals surface area contributed by atoms with Gasteiger partial charge in [-0.2, -0.15) is 0 Å². The van der Waals surface area contributed by atoms with Gasteiger partial charge in [-0.1, -0.05) is 48.5 Å². The predicted octanol–water partition coefficient (Wildman–Crippen LogP) is 3.38. The number of H-pyrrole nitrogens is 1. The normalized spacial score (nSPS) is 12.7. The van der Waals surface area contributed by atoms with Gasteiger partial charge in [0.25, 0.3) is 0 Å². The fourth-order valence-electron chi connectivity index (χ4n) is 3.55. The lowest BCUT2D eigenvalue weighted by molar-refractivity contribution is 0.1000. The lowest BCUT2D eigenvalue weighted by Gasteiger charge is -2.18. The average Bonchev–Trinajstić information content (AvgIpc) is 3.19. The summed E-state index contributed by atoms with van der Waals surface area (Å²) in [6.07, 6.45) is 1.93. The van der Waals surface area contributed by atoms with Gasteiger partial charge >= 0.3 is 0 Å². The Kier molecular flexibility index (Phi) is 5.39. The third-order valence-electron chi connectivity index (χ3n) is 5.13. The van der Waals surface area contributed by atoms with Gasteiger partial charge in [-0.05, 0) is 41.5 Å². The van der Waals surface area contributed by atoms with E-state index in [1.54, 1.807) is 0 Å². The summed E-state index contributed by atoms with van der Waals surface area (Å²) >= 11 is 0. The molecule has 3 aromatic carbocycles. The van der Waals surface area contributed by atoms with Crippen molar-refractivity contribution < 1.29 is 13.2 Å². The molecule has 1 heterocycles. The summed E-state index contributed by atoms with van der Waals surface area (Å²) in [5.41, 5.74) is 8.51. The topological polar surface area (TPSA) is 105 Å². The van der Waals surface area contributed by atoms with E-state index in [0.717, 1.165) is 22.0 Å². The molecule has 1 aromatic heterocycles. The molecule has 1 amide bonds. The SMILES string of the molecule is NC(=O)c1ccc(S(=O)(=O)NCC(c2ccccc2)c2c[nH]c3ccccc23)cc1. The molecule has 0 aliphatic carbocycles. The van der Waals surface area contributed by atoms with Crippen molar-refractivity contribution in [3.8, 4) is 0 Å². The summed E-state index contributed by atoms with van der Waals surface area (Å²) < 4.78 is 28.4. The van der Waals surface area contributed by atoms with E-state index in [-0.39, 0.29) is 22.9 Å². The summed E-state index contributed by atoms with van der Waals surface area (Å²) in [6.45, 7) is 0.186. The lowest BCUT2D eigenvalue weighted by atomic mass is 9.91. The van der Waals surface area contributed by atoms with Crippen molar-refractivity contribution in [2.45, 2.75) is 10.8 Å². The van der Waals surface area contributed by atoms with Gasteiger partial charge in [0.2, 0.25) is 15.9 Å². The minimum Gasteiger partial charge on any atom is -0.366 e. The standard InChI is InChI=1S/C23H21N3O3S/c24-23(27)17-10-12-18(13-11-17)30(28,29)26-15-20(16-6-2-1-3-7-16)21-14-25-22-9-5-4-8-19(21)22/h1-14,20,25-26H,15H2,(H2,24,27). The Bertz CT molecular complexity index is 1280. The molecule has 0 bridgehead atoms. The van der Waals surface area contributed by atoms with Gasteiger partial charge in [0, 0.05) is 35.1 Å². The van der Waals surface area contributed by atoms with Crippen LogP contribution in [0.25, 0.3) is 10.9 Å². The summed E-state index contributed by atoms with van der Waals surface area (Å²) in [4.78, 5) is 14.6. The second-order valence-corrected chi connectivity index (χ2v) is 8.76. The molecule has 4 N–H and O–H groups in total. The van der Waals surface area contributed by atoms with Gasteiger partial charge in [-0.25, -0.2) is 13.1 Å². The van der Waals surface area contributed by atoms with Crippen LogP contribution in [0.3, 0.4) is 0 Å². The summed E-state index contributed by atoms with van der Waals surface area (Å²) in [5.74, 6) is -0.780. The summed E-state index contributed by atoms with van der Waals surface area (Å²) in [5, 5.41) is 1.05. The molecule has 0 aliphatic rings. The Labute approximate surface area is 174 Å². The molecular formula is C23H21N3O3S. The van der Waals surface area contributed by atoms with Crippen molar-refractivity contribution in [1.29, 1.82) is 0 Å². The van der Waals surface area contributed by atoms with Crippen LogP contribution in [0.2, 0.25) is 0 Å². The number of aromatic nitrogens is 1. The number of para-hydroxylation sites is 1. The number of primary amides is 1. The first kappa shape index (κ1) is 19.9.